The molecule has 102 valence electrons. The van der Waals surface area contributed by atoms with Crippen LogP contribution in [0.5, 0.6) is 5.75 Å². The first kappa shape index (κ1) is 13.0. The number of hydrogen-bond donors (Lipinski definition) is 0. The topological polar surface area (TPSA) is 9.23 Å². The predicted molar refractivity (Wildman–Crippen MR) is 83.8 cm³/mol. The van der Waals surface area contributed by atoms with Crippen LogP contribution in [-0.4, -0.2) is 0 Å². The Morgan fingerprint density at radius 3 is 2.65 bits per heavy atom. The fraction of sp³-hybridized carbons (Fsp3) is 0.263. The predicted octanol–water partition coefficient (Wildman–Crippen LogP) is 5.14. The molecular weight excluding hydrogens is 244 g/mol. The monoisotopic (exact) mass is 264 g/mol. The van der Waals surface area contributed by atoms with E-state index >= 15 is 0 Å². The molecule has 0 aromatic heterocycles. The minimum atomic E-state index is 0.629. The van der Waals surface area contributed by atoms with E-state index in [2.05, 4.69) is 43.3 Å². The zero-order valence-corrected chi connectivity index (χ0v) is 11.9. The fourth-order valence-corrected chi connectivity index (χ4v) is 2.67. The van der Waals surface area contributed by atoms with Crippen molar-refractivity contribution in [1.82, 2.24) is 0 Å². The SMILES string of the molecule is Cc1ccc(OCc2ccccc2)c(C2=CCCC2)c1. The highest BCUT2D eigenvalue weighted by atomic mass is 16.5. The van der Waals surface area contributed by atoms with Crippen molar-refractivity contribution in [3.63, 3.8) is 0 Å². The third-order valence-corrected chi connectivity index (χ3v) is 3.76. The van der Waals surface area contributed by atoms with Gasteiger partial charge in [-0.2, -0.15) is 0 Å². The summed E-state index contributed by atoms with van der Waals surface area (Å²) < 4.78 is 6.05. The summed E-state index contributed by atoms with van der Waals surface area (Å²) in [6.45, 7) is 2.77. The number of ether oxygens (including phenoxy) is 1. The molecule has 0 bridgehead atoms. The van der Waals surface area contributed by atoms with E-state index < -0.39 is 0 Å². The van der Waals surface area contributed by atoms with Gasteiger partial charge in [0.2, 0.25) is 0 Å². The molecule has 0 saturated carbocycles. The van der Waals surface area contributed by atoms with Gasteiger partial charge in [-0.1, -0.05) is 48.0 Å². The van der Waals surface area contributed by atoms with E-state index in [9.17, 15) is 0 Å². The lowest BCUT2D eigenvalue weighted by Gasteiger charge is -2.13. The van der Waals surface area contributed by atoms with Gasteiger partial charge in [-0.25, -0.2) is 0 Å². The van der Waals surface area contributed by atoms with Crippen LogP contribution in [0.2, 0.25) is 0 Å². The summed E-state index contributed by atoms with van der Waals surface area (Å²) in [5.74, 6) is 1.01. The van der Waals surface area contributed by atoms with Crippen molar-refractivity contribution >= 4 is 5.57 Å². The van der Waals surface area contributed by atoms with E-state index in [1.54, 1.807) is 0 Å². The molecule has 20 heavy (non-hydrogen) atoms. The van der Waals surface area contributed by atoms with Gasteiger partial charge in [-0.05, 0) is 49.5 Å². The average Bonchev–Trinajstić information content (AvgIpc) is 3.01. The third-order valence-electron chi connectivity index (χ3n) is 3.76. The molecule has 0 heterocycles. The van der Waals surface area contributed by atoms with Gasteiger partial charge in [0.25, 0.3) is 0 Å². The molecule has 0 atom stereocenters. The van der Waals surface area contributed by atoms with Gasteiger partial charge < -0.3 is 4.74 Å². The molecule has 1 aliphatic carbocycles. The Hall–Kier alpha value is -2.02. The summed E-state index contributed by atoms with van der Waals surface area (Å²) in [4.78, 5) is 0. The van der Waals surface area contributed by atoms with Crippen LogP contribution in [0.3, 0.4) is 0 Å². The van der Waals surface area contributed by atoms with Gasteiger partial charge in [0.1, 0.15) is 12.4 Å². The average molecular weight is 264 g/mol. The Bertz CT molecular complexity index is 611. The Balaban J connectivity index is 1.82. The molecular formula is C19H20O. The molecule has 0 unspecified atom stereocenters. The maximum atomic E-state index is 6.05. The summed E-state index contributed by atoms with van der Waals surface area (Å²) in [5, 5.41) is 0. The second-order valence-electron chi connectivity index (χ2n) is 5.40. The van der Waals surface area contributed by atoms with Gasteiger partial charge in [0.05, 0.1) is 0 Å². The van der Waals surface area contributed by atoms with Crippen LogP contribution in [0, 0.1) is 6.92 Å². The molecule has 0 radical (unpaired) electrons. The maximum Gasteiger partial charge on any atom is 0.127 e. The first-order valence-electron chi connectivity index (χ1n) is 7.30. The molecule has 1 aliphatic rings. The van der Waals surface area contributed by atoms with E-state index in [-0.39, 0.29) is 0 Å². The second kappa shape index (κ2) is 5.96. The number of hydrogen-bond acceptors (Lipinski definition) is 1. The summed E-state index contributed by atoms with van der Waals surface area (Å²) in [6, 6.07) is 16.8. The number of benzene rings is 2. The molecule has 0 saturated heterocycles. The number of allylic oxidation sites excluding steroid dienone is 2. The van der Waals surface area contributed by atoms with Crippen molar-refractivity contribution in [3.05, 3.63) is 71.3 Å². The van der Waals surface area contributed by atoms with Crippen molar-refractivity contribution in [1.29, 1.82) is 0 Å². The van der Waals surface area contributed by atoms with Gasteiger partial charge in [-0.3, -0.25) is 0 Å². The molecule has 1 nitrogen and oxygen atoms in total. The van der Waals surface area contributed by atoms with Gasteiger partial charge >= 0.3 is 0 Å². The number of rotatable bonds is 4. The van der Waals surface area contributed by atoms with Crippen molar-refractivity contribution in [3.8, 4) is 5.75 Å². The minimum absolute atomic E-state index is 0.629. The summed E-state index contributed by atoms with van der Waals surface area (Å²) in [5.41, 5.74) is 5.22. The molecule has 0 amide bonds. The minimum Gasteiger partial charge on any atom is -0.488 e. The van der Waals surface area contributed by atoms with E-state index in [4.69, 9.17) is 4.74 Å². The van der Waals surface area contributed by atoms with Crippen LogP contribution in [0.15, 0.2) is 54.6 Å². The lowest BCUT2D eigenvalue weighted by molar-refractivity contribution is 0.305. The zero-order valence-electron chi connectivity index (χ0n) is 11.9. The molecule has 0 N–H and O–H groups in total. The Labute approximate surface area is 120 Å². The summed E-state index contributed by atoms with van der Waals surface area (Å²) in [6.07, 6.45) is 5.98. The van der Waals surface area contributed by atoms with Crippen molar-refractivity contribution in [2.45, 2.75) is 32.8 Å². The Morgan fingerprint density at radius 2 is 1.90 bits per heavy atom. The third kappa shape index (κ3) is 2.93. The van der Waals surface area contributed by atoms with Gasteiger partial charge in [-0.15, -0.1) is 0 Å². The highest BCUT2D eigenvalue weighted by Gasteiger charge is 2.12. The van der Waals surface area contributed by atoms with Crippen LogP contribution in [0.25, 0.3) is 5.57 Å². The highest BCUT2D eigenvalue weighted by Crippen LogP contribution is 2.34. The van der Waals surface area contributed by atoms with Crippen LogP contribution in [-0.2, 0) is 6.61 Å². The van der Waals surface area contributed by atoms with Crippen LogP contribution >= 0.6 is 0 Å². The smallest absolute Gasteiger partial charge is 0.127 e. The highest BCUT2D eigenvalue weighted by molar-refractivity contribution is 5.72. The fourth-order valence-electron chi connectivity index (χ4n) is 2.67. The Kier molecular flexibility index (Phi) is 3.87. The van der Waals surface area contributed by atoms with Crippen molar-refractivity contribution < 1.29 is 4.74 Å². The molecule has 0 spiro atoms. The largest absolute Gasteiger partial charge is 0.488 e. The first-order valence-corrected chi connectivity index (χ1v) is 7.30. The lowest BCUT2D eigenvalue weighted by atomic mass is 10.0. The summed E-state index contributed by atoms with van der Waals surface area (Å²) >= 11 is 0. The van der Waals surface area contributed by atoms with E-state index in [0.29, 0.717) is 6.61 Å². The Morgan fingerprint density at radius 1 is 1.05 bits per heavy atom. The molecule has 0 fully saturated rings. The molecule has 2 aromatic carbocycles. The van der Waals surface area contributed by atoms with Crippen LogP contribution < -0.4 is 4.74 Å². The molecule has 3 rings (SSSR count). The summed E-state index contributed by atoms with van der Waals surface area (Å²) in [7, 11) is 0. The molecule has 1 heteroatoms. The van der Waals surface area contributed by atoms with E-state index in [1.807, 2.05) is 18.2 Å². The van der Waals surface area contributed by atoms with Gasteiger partial charge in [0, 0.05) is 5.56 Å². The maximum absolute atomic E-state index is 6.05. The second-order valence-corrected chi connectivity index (χ2v) is 5.40. The quantitative estimate of drug-likeness (QED) is 0.742. The number of aryl methyl sites for hydroxylation is 1. The molecule has 0 aliphatic heterocycles. The lowest BCUT2D eigenvalue weighted by Crippen LogP contribution is -1.98. The normalized spacial score (nSPS) is 14.2. The standard InChI is InChI=1S/C19H20O/c1-15-11-12-19(18(13-15)17-9-5-6-10-17)20-14-16-7-3-2-4-8-16/h2-4,7-9,11-13H,5-6,10,14H2,1H3. The van der Waals surface area contributed by atoms with Crippen LogP contribution in [0.1, 0.15) is 36.0 Å². The van der Waals surface area contributed by atoms with Gasteiger partial charge in [0.15, 0.2) is 0 Å². The zero-order chi connectivity index (χ0) is 13.8. The first-order chi connectivity index (χ1) is 9.83. The van der Waals surface area contributed by atoms with Crippen LogP contribution in [0.4, 0.5) is 0 Å². The molecule has 2 aromatic rings. The van der Waals surface area contributed by atoms with E-state index in [1.165, 1.54) is 41.5 Å². The van der Waals surface area contributed by atoms with Crippen molar-refractivity contribution in [2.24, 2.45) is 0 Å². The van der Waals surface area contributed by atoms with E-state index in [0.717, 1.165) is 5.75 Å². The van der Waals surface area contributed by atoms with Crippen molar-refractivity contribution in [2.75, 3.05) is 0 Å².